The lowest BCUT2D eigenvalue weighted by molar-refractivity contribution is -0.00861. The van der Waals surface area contributed by atoms with Gasteiger partial charge >= 0.3 is 0 Å². The summed E-state index contributed by atoms with van der Waals surface area (Å²) in [7, 11) is 0. The number of aliphatic hydroxyl groups is 1. The van der Waals surface area contributed by atoms with Crippen molar-refractivity contribution in [2.24, 2.45) is 0 Å². The van der Waals surface area contributed by atoms with Gasteiger partial charge in [-0.3, -0.25) is 0 Å². The van der Waals surface area contributed by atoms with E-state index in [2.05, 4.69) is 13.8 Å². The van der Waals surface area contributed by atoms with Gasteiger partial charge in [0.15, 0.2) is 0 Å². The van der Waals surface area contributed by atoms with Gasteiger partial charge in [0.1, 0.15) is 0 Å². The minimum atomic E-state index is -0.333. The number of ether oxygens (including phenoxy) is 1. The van der Waals surface area contributed by atoms with E-state index in [9.17, 15) is 0 Å². The van der Waals surface area contributed by atoms with Gasteiger partial charge in [-0.15, -0.1) is 0 Å². The summed E-state index contributed by atoms with van der Waals surface area (Å²) in [4.78, 5) is 0. The Balaban J connectivity index is 3.39. The molecule has 0 aromatic carbocycles. The van der Waals surface area contributed by atoms with Gasteiger partial charge < -0.3 is 9.84 Å². The van der Waals surface area contributed by atoms with E-state index in [1.165, 1.54) is 19.3 Å². The minimum Gasteiger partial charge on any atom is -0.391 e. The van der Waals surface area contributed by atoms with Crippen molar-refractivity contribution in [1.82, 2.24) is 0 Å². The fourth-order valence-corrected chi connectivity index (χ4v) is 1.30. The highest BCUT2D eigenvalue weighted by Crippen LogP contribution is 2.10. The smallest absolute Gasteiger partial charge is 0.0745 e. The monoisotopic (exact) mass is 188 g/mol. The van der Waals surface area contributed by atoms with Crippen molar-refractivity contribution < 1.29 is 9.84 Å². The standard InChI is InChI=1S/C11H24O2/c1-4-6-7-8-11(5-2)13-9-10(3)12/h10-12H,4-9H2,1-3H3. The van der Waals surface area contributed by atoms with Crippen molar-refractivity contribution in [3.05, 3.63) is 0 Å². The number of aliphatic hydroxyl groups excluding tert-OH is 1. The summed E-state index contributed by atoms with van der Waals surface area (Å²) in [5.41, 5.74) is 0. The van der Waals surface area contributed by atoms with Crippen molar-refractivity contribution in [2.75, 3.05) is 6.61 Å². The average Bonchev–Trinajstić information content (AvgIpc) is 2.10. The van der Waals surface area contributed by atoms with E-state index in [0.29, 0.717) is 12.7 Å². The van der Waals surface area contributed by atoms with Gasteiger partial charge in [-0.05, 0) is 19.8 Å². The first-order valence-electron chi connectivity index (χ1n) is 5.50. The molecule has 0 radical (unpaired) electrons. The van der Waals surface area contributed by atoms with Crippen LogP contribution < -0.4 is 0 Å². The lowest BCUT2D eigenvalue weighted by Crippen LogP contribution is -2.19. The second kappa shape index (κ2) is 8.52. The van der Waals surface area contributed by atoms with Gasteiger partial charge in [0, 0.05) is 0 Å². The van der Waals surface area contributed by atoms with Crippen LogP contribution in [0.25, 0.3) is 0 Å². The third kappa shape index (κ3) is 8.26. The van der Waals surface area contributed by atoms with Crippen LogP contribution in [0.15, 0.2) is 0 Å². The molecule has 0 rings (SSSR count). The fourth-order valence-electron chi connectivity index (χ4n) is 1.30. The van der Waals surface area contributed by atoms with Crippen molar-refractivity contribution >= 4 is 0 Å². The van der Waals surface area contributed by atoms with E-state index < -0.39 is 0 Å². The first-order valence-corrected chi connectivity index (χ1v) is 5.50. The SMILES string of the molecule is CCCCCC(CC)OCC(C)O. The van der Waals surface area contributed by atoms with Crippen LogP contribution in [0.2, 0.25) is 0 Å². The molecule has 0 saturated heterocycles. The number of hydrogen-bond acceptors (Lipinski definition) is 2. The third-order valence-electron chi connectivity index (χ3n) is 2.16. The Bertz CT molecular complexity index is 102. The van der Waals surface area contributed by atoms with E-state index in [0.717, 1.165) is 12.8 Å². The number of rotatable bonds is 8. The summed E-state index contributed by atoms with van der Waals surface area (Å²) < 4.78 is 5.55. The molecule has 2 heteroatoms. The van der Waals surface area contributed by atoms with E-state index in [1.807, 2.05) is 0 Å². The maximum absolute atomic E-state index is 9.04. The van der Waals surface area contributed by atoms with Crippen LogP contribution in [0.4, 0.5) is 0 Å². The zero-order valence-electron chi connectivity index (χ0n) is 9.25. The maximum atomic E-state index is 9.04. The Hall–Kier alpha value is -0.0800. The lowest BCUT2D eigenvalue weighted by Gasteiger charge is -2.16. The molecule has 2 unspecified atom stereocenters. The predicted molar refractivity (Wildman–Crippen MR) is 55.9 cm³/mol. The summed E-state index contributed by atoms with van der Waals surface area (Å²) in [5, 5.41) is 9.04. The summed E-state index contributed by atoms with van der Waals surface area (Å²) >= 11 is 0. The highest BCUT2D eigenvalue weighted by Gasteiger charge is 2.07. The highest BCUT2D eigenvalue weighted by molar-refractivity contribution is 4.57. The molecule has 0 aliphatic heterocycles. The topological polar surface area (TPSA) is 29.5 Å². The van der Waals surface area contributed by atoms with Crippen molar-refractivity contribution in [1.29, 1.82) is 0 Å². The summed E-state index contributed by atoms with van der Waals surface area (Å²) in [6, 6.07) is 0. The first kappa shape index (κ1) is 12.9. The highest BCUT2D eigenvalue weighted by atomic mass is 16.5. The van der Waals surface area contributed by atoms with E-state index >= 15 is 0 Å². The molecule has 0 aromatic heterocycles. The molecule has 2 nitrogen and oxygen atoms in total. The molecule has 0 aliphatic carbocycles. The average molecular weight is 188 g/mol. The second-order valence-corrected chi connectivity index (χ2v) is 3.71. The largest absolute Gasteiger partial charge is 0.391 e. The van der Waals surface area contributed by atoms with Crippen LogP contribution in [0.3, 0.4) is 0 Å². The number of hydrogen-bond donors (Lipinski definition) is 1. The van der Waals surface area contributed by atoms with Gasteiger partial charge in [0.25, 0.3) is 0 Å². The van der Waals surface area contributed by atoms with Gasteiger partial charge in [-0.25, -0.2) is 0 Å². The number of unbranched alkanes of at least 4 members (excludes halogenated alkanes) is 2. The molecule has 0 saturated carbocycles. The molecule has 0 aromatic rings. The van der Waals surface area contributed by atoms with Gasteiger partial charge in [-0.1, -0.05) is 33.1 Å². The molecule has 13 heavy (non-hydrogen) atoms. The van der Waals surface area contributed by atoms with Crippen LogP contribution in [0.5, 0.6) is 0 Å². The Morgan fingerprint density at radius 2 is 1.92 bits per heavy atom. The zero-order valence-corrected chi connectivity index (χ0v) is 9.25. The fraction of sp³-hybridized carbons (Fsp3) is 1.00. The summed E-state index contributed by atoms with van der Waals surface area (Å²) in [5.74, 6) is 0. The molecule has 0 spiro atoms. The maximum Gasteiger partial charge on any atom is 0.0745 e. The summed E-state index contributed by atoms with van der Waals surface area (Å²) in [6.45, 7) is 6.58. The zero-order chi connectivity index (χ0) is 10.1. The molecular weight excluding hydrogens is 164 g/mol. The quantitative estimate of drug-likeness (QED) is 0.593. The van der Waals surface area contributed by atoms with Gasteiger partial charge in [-0.2, -0.15) is 0 Å². The second-order valence-electron chi connectivity index (χ2n) is 3.71. The van der Waals surface area contributed by atoms with Crippen LogP contribution in [-0.4, -0.2) is 23.9 Å². The van der Waals surface area contributed by atoms with E-state index in [-0.39, 0.29) is 6.10 Å². The van der Waals surface area contributed by atoms with Crippen molar-refractivity contribution in [3.8, 4) is 0 Å². The molecule has 1 N–H and O–H groups in total. The minimum absolute atomic E-state index is 0.333. The van der Waals surface area contributed by atoms with Crippen molar-refractivity contribution in [2.45, 2.75) is 65.1 Å². The van der Waals surface area contributed by atoms with Crippen LogP contribution >= 0.6 is 0 Å². The normalized spacial score (nSPS) is 15.7. The molecule has 0 heterocycles. The predicted octanol–water partition coefficient (Wildman–Crippen LogP) is 2.74. The molecule has 0 amide bonds. The lowest BCUT2D eigenvalue weighted by atomic mass is 10.1. The molecule has 80 valence electrons. The van der Waals surface area contributed by atoms with Gasteiger partial charge in [0.2, 0.25) is 0 Å². The third-order valence-corrected chi connectivity index (χ3v) is 2.16. The van der Waals surface area contributed by atoms with Crippen LogP contribution in [-0.2, 0) is 4.74 Å². The molecular formula is C11H24O2. The van der Waals surface area contributed by atoms with Crippen LogP contribution in [0, 0.1) is 0 Å². The Kier molecular flexibility index (Phi) is 8.46. The molecule has 0 bridgehead atoms. The van der Waals surface area contributed by atoms with Gasteiger partial charge in [0.05, 0.1) is 18.8 Å². The Morgan fingerprint density at radius 3 is 2.38 bits per heavy atom. The molecule has 0 fully saturated rings. The van der Waals surface area contributed by atoms with E-state index in [4.69, 9.17) is 9.84 Å². The van der Waals surface area contributed by atoms with Crippen molar-refractivity contribution in [3.63, 3.8) is 0 Å². The molecule has 0 aliphatic rings. The molecule has 2 atom stereocenters. The van der Waals surface area contributed by atoms with Crippen LogP contribution in [0.1, 0.15) is 52.9 Å². The first-order chi connectivity index (χ1) is 6.20. The summed E-state index contributed by atoms with van der Waals surface area (Å²) in [6.07, 6.45) is 5.99. The Morgan fingerprint density at radius 1 is 1.23 bits per heavy atom. The van der Waals surface area contributed by atoms with E-state index in [1.54, 1.807) is 6.92 Å². The Labute approximate surface area is 82.3 Å².